The summed E-state index contributed by atoms with van der Waals surface area (Å²) in [5, 5.41) is 7.03. The lowest BCUT2D eigenvalue weighted by Crippen LogP contribution is -2.06. The quantitative estimate of drug-likeness (QED) is 0.882. The molecule has 2 aromatic rings. The van der Waals surface area contributed by atoms with Crippen molar-refractivity contribution in [3.63, 3.8) is 0 Å². The van der Waals surface area contributed by atoms with E-state index in [-0.39, 0.29) is 6.10 Å². The summed E-state index contributed by atoms with van der Waals surface area (Å²) in [6.45, 7) is 6.66. The number of aryl methyl sites for hydroxylation is 1. The van der Waals surface area contributed by atoms with Gasteiger partial charge in [0, 0.05) is 16.8 Å². The van der Waals surface area contributed by atoms with Crippen LogP contribution >= 0.6 is 22.9 Å². The van der Waals surface area contributed by atoms with E-state index in [1.54, 1.807) is 11.3 Å². The largest absolute Gasteiger partial charge is 0.489 e. The van der Waals surface area contributed by atoms with Gasteiger partial charge in [-0.15, -0.1) is 11.3 Å². The van der Waals surface area contributed by atoms with Crippen molar-refractivity contribution in [3.05, 3.63) is 39.3 Å². The van der Waals surface area contributed by atoms with Crippen LogP contribution in [0.2, 0.25) is 5.02 Å². The maximum absolute atomic E-state index is 6.18. The molecule has 0 saturated carbocycles. The smallest absolute Gasteiger partial charge is 0.138 e. The monoisotopic (exact) mass is 296 g/mol. The molecule has 0 saturated heterocycles. The number of aromatic nitrogens is 1. The molecule has 1 N–H and O–H groups in total. The first-order chi connectivity index (χ1) is 9.04. The molecule has 1 aromatic heterocycles. The number of rotatable bonds is 5. The van der Waals surface area contributed by atoms with Crippen molar-refractivity contribution >= 4 is 28.6 Å². The molecule has 1 aromatic carbocycles. The average Bonchev–Trinajstić information content (AvgIpc) is 2.75. The molecule has 0 aliphatic carbocycles. The van der Waals surface area contributed by atoms with Crippen molar-refractivity contribution < 1.29 is 4.74 Å². The molecule has 0 radical (unpaired) electrons. The summed E-state index contributed by atoms with van der Waals surface area (Å²) in [6.07, 6.45) is 0.120. The van der Waals surface area contributed by atoms with Crippen LogP contribution in [0.25, 0.3) is 0 Å². The highest BCUT2D eigenvalue weighted by Crippen LogP contribution is 2.28. The molecule has 2 rings (SSSR count). The molecular weight excluding hydrogens is 280 g/mol. The Morgan fingerprint density at radius 3 is 2.79 bits per heavy atom. The van der Waals surface area contributed by atoms with E-state index >= 15 is 0 Å². The summed E-state index contributed by atoms with van der Waals surface area (Å²) in [7, 11) is 0. The fourth-order valence-electron chi connectivity index (χ4n) is 1.62. The van der Waals surface area contributed by atoms with Crippen molar-refractivity contribution in [1.82, 2.24) is 4.98 Å². The average molecular weight is 297 g/mol. The molecule has 1 heterocycles. The van der Waals surface area contributed by atoms with Gasteiger partial charge in [-0.2, -0.15) is 0 Å². The fraction of sp³-hybridized carbons (Fsp3) is 0.357. The molecule has 5 heteroatoms. The Balaban J connectivity index is 1.99. The standard InChI is InChI=1S/C14H17ClN2OS/c1-9(2)18-13-5-4-11(6-12(13)15)16-7-14-17-10(3)8-19-14/h4-6,8-9,16H,7H2,1-3H3. The van der Waals surface area contributed by atoms with Crippen LogP contribution in [-0.2, 0) is 6.54 Å². The van der Waals surface area contributed by atoms with E-state index in [2.05, 4.69) is 10.3 Å². The van der Waals surface area contributed by atoms with Crippen LogP contribution in [0.5, 0.6) is 5.75 Å². The minimum Gasteiger partial charge on any atom is -0.489 e. The van der Waals surface area contributed by atoms with Crippen LogP contribution in [0.15, 0.2) is 23.6 Å². The van der Waals surface area contributed by atoms with Crippen molar-refractivity contribution in [1.29, 1.82) is 0 Å². The Hall–Kier alpha value is -1.26. The molecule has 19 heavy (non-hydrogen) atoms. The number of nitrogens with zero attached hydrogens (tertiary/aromatic N) is 1. The number of nitrogens with one attached hydrogen (secondary N) is 1. The molecule has 0 spiro atoms. The normalized spacial score (nSPS) is 10.8. The van der Waals surface area contributed by atoms with E-state index in [1.807, 2.05) is 44.4 Å². The van der Waals surface area contributed by atoms with Gasteiger partial charge in [-0.3, -0.25) is 0 Å². The summed E-state index contributed by atoms with van der Waals surface area (Å²) >= 11 is 7.83. The SMILES string of the molecule is Cc1csc(CNc2ccc(OC(C)C)c(Cl)c2)n1. The molecule has 3 nitrogen and oxygen atoms in total. The molecule has 0 aliphatic heterocycles. The Labute approximate surface area is 122 Å². The maximum Gasteiger partial charge on any atom is 0.138 e. The summed E-state index contributed by atoms with van der Waals surface area (Å²) in [5.41, 5.74) is 2.02. The molecular formula is C14H17ClN2OS. The third kappa shape index (κ3) is 4.11. The van der Waals surface area contributed by atoms with Gasteiger partial charge in [-0.05, 0) is 39.0 Å². The number of hydrogen-bond acceptors (Lipinski definition) is 4. The van der Waals surface area contributed by atoms with Gasteiger partial charge < -0.3 is 10.1 Å². The van der Waals surface area contributed by atoms with Crippen LogP contribution in [0.4, 0.5) is 5.69 Å². The van der Waals surface area contributed by atoms with Crippen LogP contribution in [0, 0.1) is 6.92 Å². The van der Waals surface area contributed by atoms with Crippen molar-refractivity contribution in [2.45, 2.75) is 33.4 Å². The van der Waals surface area contributed by atoms with Gasteiger partial charge in [0.15, 0.2) is 0 Å². The van der Waals surface area contributed by atoms with Gasteiger partial charge >= 0.3 is 0 Å². The third-order valence-corrected chi connectivity index (χ3v) is 3.67. The zero-order valence-corrected chi connectivity index (χ0v) is 12.8. The minimum absolute atomic E-state index is 0.120. The second-order valence-corrected chi connectivity index (χ2v) is 5.90. The molecule has 0 aliphatic rings. The number of benzene rings is 1. The predicted molar refractivity (Wildman–Crippen MR) is 81.4 cm³/mol. The molecule has 0 amide bonds. The van der Waals surface area contributed by atoms with E-state index < -0.39 is 0 Å². The molecule has 0 atom stereocenters. The Morgan fingerprint density at radius 1 is 1.42 bits per heavy atom. The summed E-state index contributed by atoms with van der Waals surface area (Å²) in [5.74, 6) is 0.715. The zero-order valence-electron chi connectivity index (χ0n) is 11.2. The second kappa shape index (κ2) is 6.26. The Bertz CT molecular complexity index is 554. The van der Waals surface area contributed by atoms with Crippen LogP contribution in [0.1, 0.15) is 24.5 Å². The number of hydrogen-bond donors (Lipinski definition) is 1. The van der Waals surface area contributed by atoms with Crippen LogP contribution in [0.3, 0.4) is 0 Å². The molecule has 0 bridgehead atoms. The fourth-order valence-corrected chi connectivity index (χ4v) is 2.56. The first-order valence-electron chi connectivity index (χ1n) is 6.15. The van der Waals surface area contributed by atoms with Crippen LogP contribution in [-0.4, -0.2) is 11.1 Å². The van der Waals surface area contributed by atoms with Gasteiger partial charge in [0.1, 0.15) is 10.8 Å². The highest BCUT2D eigenvalue weighted by molar-refractivity contribution is 7.09. The number of anilines is 1. The van der Waals surface area contributed by atoms with Crippen molar-refractivity contribution in [2.75, 3.05) is 5.32 Å². The van der Waals surface area contributed by atoms with Gasteiger partial charge in [0.2, 0.25) is 0 Å². The third-order valence-electron chi connectivity index (χ3n) is 2.40. The van der Waals surface area contributed by atoms with E-state index in [0.717, 1.165) is 16.4 Å². The lowest BCUT2D eigenvalue weighted by molar-refractivity contribution is 0.242. The molecule has 0 fully saturated rings. The molecule has 0 unspecified atom stereocenters. The lowest BCUT2D eigenvalue weighted by Gasteiger charge is -2.12. The predicted octanol–water partition coefficient (Wildman–Crippen LogP) is 4.50. The highest BCUT2D eigenvalue weighted by Gasteiger charge is 2.05. The first kappa shape index (κ1) is 14.2. The summed E-state index contributed by atoms with van der Waals surface area (Å²) < 4.78 is 5.60. The Morgan fingerprint density at radius 2 is 2.21 bits per heavy atom. The van der Waals surface area contributed by atoms with E-state index in [1.165, 1.54) is 0 Å². The molecule has 102 valence electrons. The van der Waals surface area contributed by atoms with Gasteiger partial charge in [-0.25, -0.2) is 4.98 Å². The van der Waals surface area contributed by atoms with Gasteiger partial charge in [0.05, 0.1) is 17.7 Å². The minimum atomic E-state index is 0.120. The van der Waals surface area contributed by atoms with Crippen molar-refractivity contribution in [2.24, 2.45) is 0 Å². The van der Waals surface area contributed by atoms with E-state index in [0.29, 0.717) is 17.3 Å². The summed E-state index contributed by atoms with van der Waals surface area (Å²) in [4.78, 5) is 4.40. The number of halogens is 1. The van der Waals surface area contributed by atoms with Crippen LogP contribution < -0.4 is 10.1 Å². The van der Waals surface area contributed by atoms with Gasteiger partial charge in [-0.1, -0.05) is 11.6 Å². The van der Waals surface area contributed by atoms with Gasteiger partial charge in [0.25, 0.3) is 0 Å². The van der Waals surface area contributed by atoms with Crippen molar-refractivity contribution in [3.8, 4) is 5.75 Å². The van der Waals surface area contributed by atoms with E-state index in [9.17, 15) is 0 Å². The number of ether oxygens (including phenoxy) is 1. The Kier molecular flexibility index (Phi) is 4.66. The van der Waals surface area contributed by atoms with E-state index in [4.69, 9.17) is 16.3 Å². The first-order valence-corrected chi connectivity index (χ1v) is 7.41. The highest BCUT2D eigenvalue weighted by atomic mass is 35.5. The number of thiazole rings is 1. The zero-order chi connectivity index (χ0) is 13.8. The maximum atomic E-state index is 6.18. The lowest BCUT2D eigenvalue weighted by atomic mass is 10.3. The summed E-state index contributed by atoms with van der Waals surface area (Å²) in [6, 6.07) is 5.72. The second-order valence-electron chi connectivity index (χ2n) is 4.55. The topological polar surface area (TPSA) is 34.1 Å².